The minimum Gasteiger partial charge on any atom is -0.508 e. The molecule has 0 saturated carbocycles. The van der Waals surface area contributed by atoms with Gasteiger partial charge in [0.25, 0.3) is 5.91 Å². The maximum atomic E-state index is 11.7. The first-order valence-corrected chi connectivity index (χ1v) is 6.94. The number of ether oxygens (including phenoxy) is 1. The van der Waals surface area contributed by atoms with Crippen molar-refractivity contribution in [3.63, 3.8) is 0 Å². The first-order valence-electron chi connectivity index (χ1n) is 6.94. The second kappa shape index (κ2) is 10.4. The second-order valence-electron chi connectivity index (χ2n) is 4.69. The van der Waals surface area contributed by atoms with E-state index in [0.717, 1.165) is 0 Å². The zero-order chi connectivity index (χ0) is 16.5. The molecule has 0 fully saturated rings. The number of amides is 2. The van der Waals surface area contributed by atoms with Gasteiger partial charge in [0.15, 0.2) is 0 Å². The molecule has 0 heterocycles. The Bertz CT molecular complexity index is 533. The summed E-state index contributed by atoms with van der Waals surface area (Å²) in [5, 5.41) is 14.1. The summed E-state index contributed by atoms with van der Waals surface area (Å²) in [4.78, 5) is 34.7. The fourth-order valence-electron chi connectivity index (χ4n) is 1.57. The van der Waals surface area contributed by atoms with Crippen LogP contribution in [0.2, 0.25) is 0 Å². The van der Waals surface area contributed by atoms with Gasteiger partial charge in [-0.3, -0.25) is 14.4 Å². The maximum absolute atomic E-state index is 11.7. The lowest BCUT2D eigenvalue weighted by Crippen LogP contribution is -2.39. The molecular weight excluding hydrogens is 324 g/mol. The van der Waals surface area contributed by atoms with Crippen LogP contribution < -0.4 is 10.6 Å². The van der Waals surface area contributed by atoms with Crippen LogP contribution in [0.3, 0.4) is 0 Å². The molecule has 0 spiro atoms. The van der Waals surface area contributed by atoms with E-state index in [1.165, 1.54) is 24.3 Å². The molecule has 0 saturated heterocycles. The summed E-state index contributed by atoms with van der Waals surface area (Å²) in [6, 6.07) is 5.67. The summed E-state index contributed by atoms with van der Waals surface area (Å²) in [6.45, 7) is 3.59. The highest BCUT2D eigenvalue weighted by Crippen LogP contribution is 2.09. The maximum Gasteiger partial charge on any atom is 0.310 e. The number of carbonyl (C=O) groups excluding carboxylic acids is 3. The average Bonchev–Trinajstić information content (AvgIpc) is 2.51. The van der Waals surface area contributed by atoms with E-state index in [1.54, 1.807) is 13.8 Å². The number of halogens is 1. The molecule has 0 bridgehead atoms. The number of hydrogen-bond acceptors (Lipinski definition) is 5. The highest BCUT2D eigenvalue weighted by atomic mass is 35.5. The van der Waals surface area contributed by atoms with Crippen LogP contribution in [-0.4, -0.2) is 42.6 Å². The van der Waals surface area contributed by atoms with Crippen LogP contribution >= 0.6 is 12.4 Å². The van der Waals surface area contributed by atoms with Crippen molar-refractivity contribution in [3.05, 3.63) is 29.8 Å². The van der Waals surface area contributed by atoms with E-state index in [2.05, 4.69) is 10.6 Å². The third kappa shape index (κ3) is 7.51. The number of hydrogen-bond donors (Lipinski definition) is 3. The predicted octanol–water partition coefficient (Wildman–Crippen LogP) is 0.859. The number of benzene rings is 1. The molecule has 0 radical (unpaired) electrons. The van der Waals surface area contributed by atoms with Gasteiger partial charge >= 0.3 is 5.97 Å². The molecule has 3 N–H and O–H groups in total. The number of aromatic hydroxyl groups is 1. The van der Waals surface area contributed by atoms with Crippen molar-refractivity contribution in [1.29, 1.82) is 0 Å². The molecule has 128 valence electrons. The van der Waals surface area contributed by atoms with E-state index in [0.29, 0.717) is 12.2 Å². The van der Waals surface area contributed by atoms with Crippen LogP contribution in [0.15, 0.2) is 24.3 Å². The van der Waals surface area contributed by atoms with E-state index >= 15 is 0 Å². The monoisotopic (exact) mass is 344 g/mol. The molecule has 0 aliphatic carbocycles. The predicted molar refractivity (Wildman–Crippen MR) is 86.5 cm³/mol. The Balaban J connectivity index is 0.00000484. The Morgan fingerprint density at radius 3 is 2.35 bits per heavy atom. The van der Waals surface area contributed by atoms with Crippen LogP contribution in [0, 0.1) is 5.92 Å². The molecule has 1 rings (SSSR count). The first kappa shape index (κ1) is 20.7. The Morgan fingerprint density at radius 2 is 1.78 bits per heavy atom. The van der Waals surface area contributed by atoms with Crippen LogP contribution in [0.4, 0.5) is 0 Å². The van der Waals surface area contributed by atoms with Crippen molar-refractivity contribution in [2.75, 3.05) is 19.7 Å². The van der Waals surface area contributed by atoms with Crippen LogP contribution in [0.5, 0.6) is 5.75 Å². The summed E-state index contributed by atoms with van der Waals surface area (Å²) < 4.78 is 4.82. The lowest BCUT2D eigenvalue weighted by Gasteiger charge is -2.12. The van der Waals surface area contributed by atoms with E-state index in [-0.39, 0.29) is 37.2 Å². The number of carbonyl (C=O) groups is 3. The molecule has 23 heavy (non-hydrogen) atoms. The fourth-order valence-corrected chi connectivity index (χ4v) is 1.57. The quantitative estimate of drug-likeness (QED) is 0.636. The van der Waals surface area contributed by atoms with Crippen molar-refractivity contribution in [2.45, 2.75) is 13.8 Å². The topological polar surface area (TPSA) is 105 Å². The molecule has 0 aliphatic heterocycles. The molecule has 8 heteroatoms. The first-order chi connectivity index (χ1) is 10.4. The summed E-state index contributed by atoms with van der Waals surface area (Å²) in [5.41, 5.74) is 0.338. The lowest BCUT2D eigenvalue weighted by molar-refractivity contribution is -0.147. The molecule has 1 atom stereocenters. The van der Waals surface area contributed by atoms with Crippen molar-refractivity contribution in [3.8, 4) is 5.75 Å². The van der Waals surface area contributed by atoms with Gasteiger partial charge in [0.05, 0.1) is 19.1 Å². The molecular formula is C15H21ClN2O5. The van der Waals surface area contributed by atoms with E-state index < -0.39 is 17.7 Å². The van der Waals surface area contributed by atoms with Crippen molar-refractivity contribution >= 4 is 30.2 Å². The van der Waals surface area contributed by atoms with Gasteiger partial charge < -0.3 is 20.5 Å². The Kier molecular flexibility index (Phi) is 9.41. The van der Waals surface area contributed by atoms with Crippen molar-refractivity contribution in [2.24, 2.45) is 5.92 Å². The van der Waals surface area contributed by atoms with Gasteiger partial charge in [-0.2, -0.15) is 0 Å². The van der Waals surface area contributed by atoms with Gasteiger partial charge in [-0.15, -0.1) is 12.4 Å². The van der Waals surface area contributed by atoms with Crippen molar-refractivity contribution in [1.82, 2.24) is 10.6 Å². The third-order valence-electron chi connectivity index (χ3n) is 2.83. The zero-order valence-corrected chi connectivity index (χ0v) is 13.8. The standard InChI is InChI=1S/C15H20N2O5.ClH/c1-3-22-15(21)10(2)8-16-13(19)9-17-14(20)11-4-6-12(18)7-5-11;/h4-7,10,18H,3,8-9H2,1-2H3,(H,16,19)(H,17,20);1H. The number of rotatable bonds is 7. The molecule has 0 aromatic heterocycles. The molecule has 2 amide bonds. The summed E-state index contributed by atoms with van der Waals surface area (Å²) >= 11 is 0. The van der Waals surface area contributed by atoms with Crippen LogP contribution in [0.25, 0.3) is 0 Å². The number of esters is 1. The fraction of sp³-hybridized carbons (Fsp3) is 0.400. The van der Waals surface area contributed by atoms with Gasteiger partial charge in [0.2, 0.25) is 5.91 Å². The van der Waals surface area contributed by atoms with Gasteiger partial charge in [-0.25, -0.2) is 0 Å². The minimum absolute atomic E-state index is 0. The van der Waals surface area contributed by atoms with Gasteiger partial charge in [0, 0.05) is 12.1 Å². The highest BCUT2D eigenvalue weighted by molar-refractivity contribution is 5.96. The Labute approximate surface area is 140 Å². The number of phenolic OH excluding ortho intramolecular Hbond substituents is 1. The summed E-state index contributed by atoms with van der Waals surface area (Å²) in [6.07, 6.45) is 0. The van der Waals surface area contributed by atoms with Crippen molar-refractivity contribution < 1.29 is 24.2 Å². The van der Waals surface area contributed by atoms with Gasteiger partial charge in [-0.1, -0.05) is 6.92 Å². The largest absolute Gasteiger partial charge is 0.508 e. The molecule has 1 aromatic carbocycles. The smallest absolute Gasteiger partial charge is 0.310 e. The van der Waals surface area contributed by atoms with E-state index in [4.69, 9.17) is 9.84 Å². The molecule has 1 aromatic rings. The number of phenols is 1. The van der Waals surface area contributed by atoms with E-state index in [1.807, 2.05) is 0 Å². The second-order valence-corrected chi connectivity index (χ2v) is 4.69. The molecule has 7 nitrogen and oxygen atoms in total. The van der Waals surface area contributed by atoms with Crippen LogP contribution in [-0.2, 0) is 14.3 Å². The summed E-state index contributed by atoms with van der Waals surface area (Å²) in [5.74, 6) is -1.59. The van der Waals surface area contributed by atoms with Crippen LogP contribution in [0.1, 0.15) is 24.2 Å². The molecule has 1 unspecified atom stereocenters. The van der Waals surface area contributed by atoms with Gasteiger partial charge in [-0.05, 0) is 31.2 Å². The summed E-state index contributed by atoms with van der Waals surface area (Å²) in [7, 11) is 0. The SMILES string of the molecule is CCOC(=O)C(C)CNC(=O)CNC(=O)c1ccc(O)cc1.Cl. The number of nitrogens with one attached hydrogen (secondary N) is 2. The molecule has 0 aliphatic rings. The zero-order valence-electron chi connectivity index (χ0n) is 13.0. The van der Waals surface area contributed by atoms with Gasteiger partial charge in [0.1, 0.15) is 5.75 Å². The van der Waals surface area contributed by atoms with E-state index in [9.17, 15) is 14.4 Å². The minimum atomic E-state index is -0.447. The average molecular weight is 345 g/mol. The highest BCUT2D eigenvalue weighted by Gasteiger charge is 2.15. The Hall–Kier alpha value is -2.28. The lowest BCUT2D eigenvalue weighted by atomic mass is 10.2. The third-order valence-corrected chi connectivity index (χ3v) is 2.83. The Morgan fingerprint density at radius 1 is 1.17 bits per heavy atom. The normalized spacial score (nSPS) is 10.9.